The van der Waals surface area contributed by atoms with Gasteiger partial charge in [-0.25, -0.2) is 33.0 Å². The third-order valence-electron chi connectivity index (χ3n) is 7.71. The number of hydrogen-bond donors (Lipinski definition) is 1. The molecule has 0 amide bonds. The highest BCUT2D eigenvalue weighted by Gasteiger charge is 2.28. The summed E-state index contributed by atoms with van der Waals surface area (Å²) < 4.78 is 77.8. The number of para-hydroxylation sites is 2. The fourth-order valence-electron chi connectivity index (χ4n) is 4.73. The van der Waals surface area contributed by atoms with Crippen molar-refractivity contribution in [2.24, 2.45) is 0 Å². The molecule has 0 aliphatic heterocycles. The van der Waals surface area contributed by atoms with Crippen LogP contribution in [0.3, 0.4) is 0 Å². The van der Waals surface area contributed by atoms with Crippen LogP contribution in [0.15, 0.2) is 71.9 Å². The van der Waals surface area contributed by atoms with Gasteiger partial charge >= 0.3 is 12.3 Å². The van der Waals surface area contributed by atoms with Crippen LogP contribution in [-0.4, -0.2) is 124 Å². The van der Waals surface area contributed by atoms with E-state index in [4.69, 9.17) is 42.6 Å². The summed E-state index contributed by atoms with van der Waals surface area (Å²) >= 11 is 0. The van der Waals surface area contributed by atoms with Gasteiger partial charge in [0.1, 0.15) is 39.6 Å². The molecule has 1 N–H and O–H groups in total. The van der Waals surface area contributed by atoms with Crippen LogP contribution in [0.4, 0.5) is 15.4 Å². The van der Waals surface area contributed by atoms with Gasteiger partial charge in [0.05, 0.1) is 31.8 Å². The van der Waals surface area contributed by atoms with Crippen molar-refractivity contribution in [3.05, 3.63) is 92.8 Å². The Morgan fingerprint density at radius 2 is 1.32 bits per heavy atom. The van der Waals surface area contributed by atoms with Crippen LogP contribution < -0.4 is 18.9 Å². The number of rotatable bonds is 27. The molecular formula is C36H41N7O19S. The molecule has 4 aromatic rings. The summed E-state index contributed by atoms with van der Waals surface area (Å²) in [6, 6.07) is 13.6. The van der Waals surface area contributed by atoms with Gasteiger partial charge in [0.15, 0.2) is 29.9 Å². The number of benzene rings is 2. The Kier molecular flexibility index (Phi) is 18.5. The summed E-state index contributed by atoms with van der Waals surface area (Å²) in [5, 5.41) is 18.4. The van der Waals surface area contributed by atoms with E-state index in [9.17, 15) is 38.2 Å². The van der Waals surface area contributed by atoms with Crippen molar-refractivity contribution in [1.29, 1.82) is 0 Å². The molecule has 26 nitrogen and oxygen atoms in total. The molecule has 0 aliphatic rings. The first-order valence-electron chi connectivity index (χ1n) is 18.2. The van der Waals surface area contributed by atoms with Crippen LogP contribution in [0.1, 0.15) is 19.4 Å². The Balaban J connectivity index is 1.52. The van der Waals surface area contributed by atoms with E-state index in [1.807, 2.05) is 0 Å². The van der Waals surface area contributed by atoms with Crippen molar-refractivity contribution in [2.45, 2.75) is 24.2 Å². The van der Waals surface area contributed by atoms with Crippen LogP contribution in [-0.2, 0) is 53.5 Å². The predicted octanol–water partition coefficient (Wildman–Crippen LogP) is 3.91. The molecule has 0 aliphatic carbocycles. The topological polar surface area (TPSA) is 320 Å². The number of nitrogens with zero attached hydrogens (tertiary/aromatic N) is 6. The van der Waals surface area contributed by atoms with E-state index in [-0.39, 0.29) is 99.1 Å². The van der Waals surface area contributed by atoms with Crippen LogP contribution >= 0.6 is 0 Å². The number of carbonyl (C=O) groups is 2. The van der Waals surface area contributed by atoms with Gasteiger partial charge in [0.2, 0.25) is 11.6 Å². The lowest BCUT2D eigenvalue weighted by Gasteiger charge is -2.24. The molecule has 2 heterocycles. The number of aromatic nitrogens is 4. The largest absolute Gasteiger partial charge is 0.510 e. The molecule has 27 heteroatoms. The fourth-order valence-corrected chi connectivity index (χ4v) is 5.74. The van der Waals surface area contributed by atoms with Crippen molar-refractivity contribution in [3.63, 3.8) is 0 Å². The third-order valence-corrected chi connectivity index (χ3v) is 9.06. The van der Waals surface area contributed by atoms with Gasteiger partial charge in [-0.2, -0.15) is 4.98 Å². The van der Waals surface area contributed by atoms with Crippen molar-refractivity contribution in [1.82, 2.24) is 19.9 Å². The van der Waals surface area contributed by atoms with E-state index in [0.29, 0.717) is 5.56 Å². The standard InChI is InChI=1S/C36H41N7O19S/c1-36(2,23-58-35(45)59-24-54-17-22-61-43(48)49)25-9-11-26(12-10-25)63(50,51)41-30-29(62-28-8-5-4-7-27(28)52-3)33(40-32(39-30)31-37-13-6-14-38-31)55-19-20-57-34(44)56-18-15-53-16-21-60-42(46)47/h4-14H,15-24H2,1-3H3,(H,39,40,41). The quantitative estimate of drug-likeness (QED) is 0.0291. The molecule has 0 saturated heterocycles. The summed E-state index contributed by atoms with van der Waals surface area (Å²) in [7, 11) is -3.08. The molecule has 2 aromatic carbocycles. The average Bonchev–Trinajstić information content (AvgIpc) is 3.26. The van der Waals surface area contributed by atoms with E-state index in [1.165, 1.54) is 49.8 Å². The van der Waals surface area contributed by atoms with Crippen molar-refractivity contribution < 1.29 is 80.5 Å². The minimum Gasteiger partial charge on any atom is -0.493 e. The molecule has 4 rings (SSSR count). The lowest BCUT2D eigenvalue weighted by atomic mass is 9.86. The first kappa shape index (κ1) is 48.3. The lowest BCUT2D eigenvalue weighted by Crippen LogP contribution is -2.27. The maximum Gasteiger partial charge on any atom is 0.510 e. The van der Waals surface area contributed by atoms with Gasteiger partial charge in [-0.15, -0.1) is 20.2 Å². The van der Waals surface area contributed by atoms with Gasteiger partial charge in [0, 0.05) is 17.8 Å². The first-order chi connectivity index (χ1) is 30.2. The second-order valence-electron chi connectivity index (χ2n) is 12.6. The minimum absolute atomic E-state index is 0.0221. The van der Waals surface area contributed by atoms with E-state index in [0.717, 1.165) is 0 Å². The summed E-state index contributed by atoms with van der Waals surface area (Å²) in [6.07, 6.45) is 0.658. The number of carbonyl (C=O) groups excluding carboxylic acids is 2. The second-order valence-corrected chi connectivity index (χ2v) is 14.3. The fraction of sp³-hybridized carbons (Fsp3) is 0.389. The van der Waals surface area contributed by atoms with Crippen molar-refractivity contribution in [2.75, 3.05) is 78.1 Å². The van der Waals surface area contributed by atoms with E-state index in [2.05, 4.69) is 34.3 Å². The number of sulfonamides is 1. The van der Waals surface area contributed by atoms with Gasteiger partial charge < -0.3 is 52.3 Å². The molecule has 63 heavy (non-hydrogen) atoms. The molecule has 0 atom stereocenters. The lowest BCUT2D eigenvalue weighted by molar-refractivity contribution is -0.758. The van der Waals surface area contributed by atoms with E-state index in [1.54, 1.807) is 38.1 Å². The smallest absolute Gasteiger partial charge is 0.493 e. The van der Waals surface area contributed by atoms with Gasteiger partial charge in [-0.3, -0.25) is 4.72 Å². The van der Waals surface area contributed by atoms with Crippen molar-refractivity contribution >= 4 is 28.2 Å². The zero-order chi connectivity index (χ0) is 45.7. The van der Waals surface area contributed by atoms with Crippen molar-refractivity contribution in [3.8, 4) is 34.8 Å². The maximum atomic E-state index is 14.0. The molecular weight excluding hydrogens is 866 g/mol. The molecule has 2 aromatic heterocycles. The zero-order valence-electron chi connectivity index (χ0n) is 33.8. The summed E-state index contributed by atoms with van der Waals surface area (Å²) in [5.41, 5.74) is -0.273. The number of methoxy groups -OCH3 is 1. The van der Waals surface area contributed by atoms with Crippen LogP contribution in [0.2, 0.25) is 0 Å². The van der Waals surface area contributed by atoms with Crippen LogP contribution in [0, 0.1) is 20.2 Å². The number of hydrogen-bond acceptors (Lipinski definition) is 23. The summed E-state index contributed by atoms with van der Waals surface area (Å²) in [5.74, 6) is -0.931. The molecule has 0 fully saturated rings. The highest BCUT2D eigenvalue weighted by atomic mass is 32.2. The summed E-state index contributed by atoms with van der Waals surface area (Å²) in [4.78, 5) is 69.7. The van der Waals surface area contributed by atoms with Crippen LogP contribution in [0.25, 0.3) is 11.6 Å². The van der Waals surface area contributed by atoms with Crippen LogP contribution in [0.5, 0.6) is 23.1 Å². The monoisotopic (exact) mass is 907 g/mol. The molecule has 0 radical (unpaired) electrons. The Morgan fingerprint density at radius 1 is 0.714 bits per heavy atom. The Morgan fingerprint density at radius 3 is 1.97 bits per heavy atom. The Hall–Kier alpha value is -7.39. The predicted molar refractivity (Wildman–Crippen MR) is 209 cm³/mol. The average molecular weight is 908 g/mol. The van der Waals surface area contributed by atoms with Gasteiger partial charge in [-0.05, 0) is 35.9 Å². The maximum absolute atomic E-state index is 14.0. The SMILES string of the molecule is COc1ccccc1Oc1c(NS(=O)(=O)c2ccc(C(C)(C)COC(=O)OCOCCO[N+](=O)[O-])cc2)nc(-c2ncccn2)nc1OCCOC(=O)OCCOCCO[N+](=O)[O-]. The molecule has 0 bridgehead atoms. The second kappa shape index (κ2) is 24.2. The van der Waals surface area contributed by atoms with Gasteiger partial charge in [0.25, 0.3) is 26.1 Å². The third kappa shape index (κ3) is 16.2. The minimum atomic E-state index is -4.47. The normalized spacial score (nSPS) is 11.1. The number of nitrogens with one attached hydrogen (secondary N) is 1. The van der Waals surface area contributed by atoms with Gasteiger partial charge in [-0.1, -0.05) is 38.1 Å². The molecule has 0 unspecified atom stereocenters. The van der Waals surface area contributed by atoms with E-state index >= 15 is 0 Å². The van der Waals surface area contributed by atoms with E-state index < -0.39 is 50.5 Å². The number of anilines is 1. The highest BCUT2D eigenvalue weighted by molar-refractivity contribution is 7.92. The Labute approximate surface area is 357 Å². The molecule has 0 spiro atoms. The highest BCUT2D eigenvalue weighted by Crippen LogP contribution is 2.41. The number of ether oxygens (including phenoxy) is 9. The molecule has 0 saturated carbocycles. The zero-order valence-corrected chi connectivity index (χ0v) is 34.6. The first-order valence-corrected chi connectivity index (χ1v) is 19.7. The Bertz CT molecular complexity index is 2240. The molecule has 340 valence electrons. The summed E-state index contributed by atoms with van der Waals surface area (Å²) in [6.45, 7) is 0.678.